The Hall–Kier alpha value is -0.0800. The van der Waals surface area contributed by atoms with E-state index >= 15 is 0 Å². The van der Waals surface area contributed by atoms with Crippen molar-refractivity contribution in [3.63, 3.8) is 0 Å². The molecule has 0 spiro atoms. The molecule has 2 nitrogen and oxygen atoms in total. The van der Waals surface area contributed by atoms with Crippen LogP contribution in [0.2, 0.25) is 0 Å². The van der Waals surface area contributed by atoms with E-state index in [1.165, 1.54) is 25.8 Å². The summed E-state index contributed by atoms with van der Waals surface area (Å²) in [4.78, 5) is 0. The zero-order chi connectivity index (χ0) is 9.68. The summed E-state index contributed by atoms with van der Waals surface area (Å²) in [6.45, 7) is 5.66. The Kier molecular flexibility index (Phi) is 4.74. The third-order valence-electron chi connectivity index (χ3n) is 2.97. The van der Waals surface area contributed by atoms with Gasteiger partial charge in [0.1, 0.15) is 0 Å². The first-order valence-electron chi connectivity index (χ1n) is 5.60. The molecule has 1 saturated carbocycles. The number of nitrogens with one attached hydrogen (secondary N) is 1. The minimum atomic E-state index is 0.0231. The van der Waals surface area contributed by atoms with E-state index < -0.39 is 0 Å². The van der Waals surface area contributed by atoms with E-state index in [0.29, 0.717) is 0 Å². The third kappa shape index (κ3) is 4.63. The van der Waals surface area contributed by atoms with Crippen molar-refractivity contribution in [1.82, 2.24) is 5.32 Å². The Balaban J connectivity index is 0.000000132. The standard InChI is InChI=1S/C6H12O.C5H11N/c1-5-2-3-6(7)4-5;1-5-3-2-4-6-5/h5-7H,2-4H2,1H3;5-6H,2-4H2,1H3. The average Bonchev–Trinajstić information content (AvgIpc) is 2.64. The first kappa shape index (κ1) is 11.0. The number of hydrogen-bond acceptors (Lipinski definition) is 2. The van der Waals surface area contributed by atoms with E-state index in [2.05, 4.69) is 19.2 Å². The predicted octanol–water partition coefficient (Wildman–Crippen LogP) is 1.93. The van der Waals surface area contributed by atoms with Gasteiger partial charge >= 0.3 is 0 Å². The van der Waals surface area contributed by atoms with Gasteiger partial charge in [-0.3, -0.25) is 0 Å². The van der Waals surface area contributed by atoms with Crippen LogP contribution in [0.4, 0.5) is 0 Å². The first-order valence-corrected chi connectivity index (χ1v) is 5.60. The van der Waals surface area contributed by atoms with Gasteiger partial charge in [-0.1, -0.05) is 6.92 Å². The SMILES string of the molecule is CC1CCC(O)C1.CC1CCCN1. The van der Waals surface area contributed by atoms with Gasteiger partial charge in [0.25, 0.3) is 0 Å². The fourth-order valence-corrected chi connectivity index (χ4v) is 2.04. The van der Waals surface area contributed by atoms with Crippen LogP contribution < -0.4 is 5.32 Å². The van der Waals surface area contributed by atoms with E-state index in [1.807, 2.05) is 0 Å². The summed E-state index contributed by atoms with van der Waals surface area (Å²) >= 11 is 0. The van der Waals surface area contributed by atoms with Gasteiger partial charge in [0.2, 0.25) is 0 Å². The lowest BCUT2D eigenvalue weighted by molar-refractivity contribution is 0.179. The normalized spacial score (nSPS) is 38.5. The Morgan fingerprint density at radius 1 is 1.15 bits per heavy atom. The molecule has 0 aromatic carbocycles. The molecule has 1 aliphatic heterocycles. The van der Waals surface area contributed by atoms with E-state index in [0.717, 1.165) is 24.8 Å². The van der Waals surface area contributed by atoms with Crippen molar-refractivity contribution in [2.75, 3.05) is 6.54 Å². The van der Waals surface area contributed by atoms with Gasteiger partial charge in [0.05, 0.1) is 6.10 Å². The molecule has 1 aliphatic carbocycles. The summed E-state index contributed by atoms with van der Waals surface area (Å²) < 4.78 is 0. The van der Waals surface area contributed by atoms with Crippen LogP contribution in [0.3, 0.4) is 0 Å². The molecule has 2 fully saturated rings. The zero-order valence-corrected chi connectivity index (χ0v) is 8.92. The minimum Gasteiger partial charge on any atom is -0.393 e. The molecule has 1 heterocycles. The topological polar surface area (TPSA) is 32.3 Å². The van der Waals surface area contributed by atoms with Crippen LogP contribution in [-0.2, 0) is 0 Å². The lowest BCUT2D eigenvalue weighted by atomic mass is 10.1. The largest absolute Gasteiger partial charge is 0.393 e. The van der Waals surface area contributed by atoms with E-state index in [-0.39, 0.29) is 6.10 Å². The Morgan fingerprint density at radius 3 is 2.08 bits per heavy atom. The Morgan fingerprint density at radius 2 is 1.92 bits per heavy atom. The Bertz CT molecular complexity index is 124. The summed E-state index contributed by atoms with van der Waals surface area (Å²) in [7, 11) is 0. The Labute approximate surface area is 81.7 Å². The van der Waals surface area contributed by atoms with E-state index in [9.17, 15) is 0 Å². The van der Waals surface area contributed by atoms with Crippen LogP contribution in [0.25, 0.3) is 0 Å². The number of rotatable bonds is 0. The molecule has 0 bridgehead atoms. The van der Waals surface area contributed by atoms with Gasteiger partial charge in [-0.2, -0.15) is 0 Å². The van der Waals surface area contributed by atoms with Gasteiger partial charge in [-0.25, -0.2) is 0 Å². The summed E-state index contributed by atoms with van der Waals surface area (Å²) in [6.07, 6.45) is 6.05. The van der Waals surface area contributed by atoms with Gasteiger partial charge in [0.15, 0.2) is 0 Å². The van der Waals surface area contributed by atoms with Crippen molar-refractivity contribution >= 4 is 0 Å². The molecule has 0 aromatic heterocycles. The van der Waals surface area contributed by atoms with Crippen LogP contribution >= 0.6 is 0 Å². The second-order valence-electron chi connectivity index (χ2n) is 4.57. The highest BCUT2D eigenvalue weighted by Gasteiger charge is 2.17. The molecule has 3 atom stereocenters. The summed E-state index contributed by atoms with van der Waals surface area (Å²) in [6, 6.07) is 0.796. The van der Waals surface area contributed by atoms with Crippen LogP contribution in [0.15, 0.2) is 0 Å². The highest BCUT2D eigenvalue weighted by molar-refractivity contribution is 4.70. The van der Waals surface area contributed by atoms with Gasteiger partial charge in [0, 0.05) is 6.04 Å². The predicted molar refractivity (Wildman–Crippen MR) is 55.7 cm³/mol. The molecule has 2 rings (SSSR count). The van der Waals surface area contributed by atoms with Crippen LogP contribution in [-0.4, -0.2) is 23.8 Å². The molecule has 0 radical (unpaired) electrons. The molecular weight excluding hydrogens is 162 g/mol. The van der Waals surface area contributed by atoms with Crippen molar-refractivity contribution in [3.8, 4) is 0 Å². The zero-order valence-electron chi connectivity index (χ0n) is 8.92. The first-order chi connectivity index (χ1) is 6.18. The fraction of sp³-hybridized carbons (Fsp3) is 1.00. The van der Waals surface area contributed by atoms with Gasteiger partial charge in [-0.15, -0.1) is 0 Å². The minimum absolute atomic E-state index is 0.0231. The smallest absolute Gasteiger partial charge is 0.0542 e. The monoisotopic (exact) mass is 185 g/mol. The summed E-state index contributed by atoms with van der Waals surface area (Å²) in [5.74, 6) is 0.773. The molecule has 13 heavy (non-hydrogen) atoms. The lowest BCUT2D eigenvalue weighted by Gasteiger charge is -1.95. The highest BCUT2D eigenvalue weighted by Crippen LogP contribution is 2.23. The molecule has 0 amide bonds. The molecule has 78 valence electrons. The lowest BCUT2D eigenvalue weighted by Crippen LogP contribution is -2.16. The number of aliphatic hydroxyl groups is 1. The van der Waals surface area contributed by atoms with Crippen molar-refractivity contribution < 1.29 is 5.11 Å². The number of hydrogen-bond donors (Lipinski definition) is 2. The molecule has 1 saturated heterocycles. The molecule has 2 heteroatoms. The molecule has 2 N–H and O–H groups in total. The molecular formula is C11H23NO. The van der Waals surface area contributed by atoms with Crippen molar-refractivity contribution in [3.05, 3.63) is 0 Å². The molecule has 2 aliphatic rings. The van der Waals surface area contributed by atoms with E-state index in [1.54, 1.807) is 0 Å². The van der Waals surface area contributed by atoms with Gasteiger partial charge < -0.3 is 10.4 Å². The van der Waals surface area contributed by atoms with E-state index in [4.69, 9.17) is 5.11 Å². The maximum atomic E-state index is 8.90. The van der Waals surface area contributed by atoms with Crippen LogP contribution in [0, 0.1) is 5.92 Å². The van der Waals surface area contributed by atoms with Gasteiger partial charge in [-0.05, 0) is 51.5 Å². The quantitative estimate of drug-likeness (QED) is 0.604. The highest BCUT2D eigenvalue weighted by atomic mass is 16.3. The van der Waals surface area contributed by atoms with Crippen LogP contribution in [0.5, 0.6) is 0 Å². The molecule has 3 unspecified atom stereocenters. The van der Waals surface area contributed by atoms with Crippen molar-refractivity contribution in [2.24, 2.45) is 5.92 Å². The van der Waals surface area contributed by atoms with Crippen molar-refractivity contribution in [1.29, 1.82) is 0 Å². The maximum absolute atomic E-state index is 8.90. The van der Waals surface area contributed by atoms with Crippen molar-refractivity contribution in [2.45, 2.75) is 58.1 Å². The second-order valence-corrected chi connectivity index (χ2v) is 4.57. The number of aliphatic hydroxyl groups excluding tert-OH is 1. The summed E-state index contributed by atoms with van der Waals surface area (Å²) in [5.41, 5.74) is 0. The summed E-state index contributed by atoms with van der Waals surface area (Å²) in [5, 5.41) is 12.2. The second kappa shape index (κ2) is 5.61. The fourth-order valence-electron chi connectivity index (χ4n) is 2.04. The maximum Gasteiger partial charge on any atom is 0.0542 e. The average molecular weight is 185 g/mol. The third-order valence-corrected chi connectivity index (χ3v) is 2.97. The van der Waals surface area contributed by atoms with Crippen LogP contribution in [0.1, 0.15) is 46.0 Å². The molecule has 0 aromatic rings.